The minimum absolute atomic E-state index is 0.313. The van der Waals surface area contributed by atoms with Crippen LogP contribution in [0.5, 0.6) is 0 Å². The quantitative estimate of drug-likeness (QED) is 0.909. The van der Waals surface area contributed by atoms with E-state index in [1.54, 1.807) is 37.4 Å². The molecular weight excluding hydrogens is 276 g/mol. The first-order valence-electron chi connectivity index (χ1n) is 5.79. The van der Waals surface area contributed by atoms with Crippen molar-refractivity contribution >= 4 is 29.0 Å². The van der Waals surface area contributed by atoms with Gasteiger partial charge in [0.15, 0.2) is 0 Å². The lowest BCUT2D eigenvalue weighted by Gasteiger charge is -2.07. The number of carbonyl (C=O) groups is 1. The Balaban J connectivity index is 2.15. The molecule has 1 aromatic carbocycles. The van der Waals surface area contributed by atoms with Crippen LogP contribution in [0.4, 0.5) is 11.5 Å². The summed E-state index contributed by atoms with van der Waals surface area (Å²) in [5.74, 6) is 0.202. The normalized spacial score (nSPS) is 9.65. The van der Waals surface area contributed by atoms with E-state index in [0.717, 1.165) is 0 Å². The van der Waals surface area contributed by atoms with Gasteiger partial charge >= 0.3 is 0 Å². The lowest BCUT2D eigenvalue weighted by Crippen LogP contribution is -2.12. The molecule has 0 atom stereocenters. The Morgan fingerprint density at radius 3 is 2.60 bits per heavy atom. The van der Waals surface area contributed by atoms with E-state index in [2.05, 4.69) is 15.6 Å². The maximum atomic E-state index is 12.0. The predicted molar refractivity (Wildman–Crippen MR) is 77.9 cm³/mol. The molecule has 0 aliphatic heterocycles. The summed E-state index contributed by atoms with van der Waals surface area (Å²) in [6.45, 7) is 0. The van der Waals surface area contributed by atoms with Crippen LogP contribution in [0.1, 0.15) is 15.9 Å². The fraction of sp³-hybridized carbons (Fsp3) is 0.0714. The minimum Gasteiger partial charge on any atom is -0.372 e. The van der Waals surface area contributed by atoms with Crippen LogP contribution in [0.15, 0.2) is 36.5 Å². The summed E-state index contributed by atoms with van der Waals surface area (Å²) in [4.78, 5) is 16.1. The van der Waals surface area contributed by atoms with Crippen LogP contribution >= 0.6 is 11.6 Å². The summed E-state index contributed by atoms with van der Waals surface area (Å²) in [6, 6.07) is 10.1. The average molecular weight is 287 g/mol. The molecule has 0 aliphatic carbocycles. The van der Waals surface area contributed by atoms with Crippen LogP contribution in [0.25, 0.3) is 0 Å². The maximum Gasteiger partial charge on any atom is 0.257 e. The predicted octanol–water partition coefficient (Wildman–Crippen LogP) is 2.90. The first-order chi connectivity index (χ1) is 9.63. The monoisotopic (exact) mass is 286 g/mol. The summed E-state index contributed by atoms with van der Waals surface area (Å²) >= 11 is 5.98. The number of pyridine rings is 1. The summed E-state index contributed by atoms with van der Waals surface area (Å²) < 4.78 is 0. The number of halogens is 1. The Kier molecular flexibility index (Phi) is 4.18. The lowest BCUT2D eigenvalue weighted by molar-refractivity contribution is 0.102. The summed E-state index contributed by atoms with van der Waals surface area (Å²) in [6.07, 6.45) is 1.44. The number of carbonyl (C=O) groups excluding carboxylic acids is 1. The number of nitrogens with one attached hydrogen (secondary N) is 2. The van der Waals surface area contributed by atoms with E-state index in [0.29, 0.717) is 27.7 Å². The second kappa shape index (κ2) is 6.04. The van der Waals surface area contributed by atoms with Gasteiger partial charge in [0.25, 0.3) is 5.91 Å². The van der Waals surface area contributed by atoms with Crippen molar-refractivity contribution in [1.29, 1.82) is 5.26 Å². The highest BCUT2D eigenvalue weighted by Gasteiger charge is 2.09. The van der Waals surface area contributed by atoms with Gasteiger partial charge in [-0.3, -0.25) is 4.79 Å². The fourth-order valence-electron chi connectivity index (χ4n) is 1.58. The number of amides is 1. The Morgan fingerprint density at radius 2 is 2.05 bits per heavy atom. The number of hydrogen-bond acceptors (Lipinski definition) is 4. The van der Waals surface area contributed by atoms with E-state index >= 15 is 0 Å². The second-order valence-corrected chi connectivity index (χ2v) is 4.35. The molecule has 0 radical (unpaired) electrons. The molecule has 0 unspecified atom stereocenters. The zero-order valence-electron chi connectivity index (χ0n) is 10.6. The Bertz CT molecular complexity index is 677. The molecule has 20 heavy (non-hydrogen) atoms. The van der Waals surface area contributed by atoms with Gasteiger partial charge in [0, 0.05) is 18.9 Å². The molecule has 1 aromatic heterocycles. The molecule has 6 heteroatoms. The largest absolute Gasteiger partial charge is 0.372 e. The van der Waals surface area contributed by atoms with Crippen LogP contribution in [-0.2, 0) is 0 Å². The van der Waals surface area contributed by atoms with Crippen LogP contribution < -0.4 is 10.6 Å². The van der Waals surface area contributed by atoms with Crippen LogP contribution in [0, 0.1) is 11.3 Å². The highest BCUT2D eigenvalue weighted by atomic mass is 35.5. The molecule has 0 spiro atoms. The van der Waals surface area contributed by atoms with Gasteiger partial charge in [0.05, 0.1) is 22.2 Å². The molecule has 0 saturated heterocycles. The Labute approximate surface area is 121 Å². The van der Waals surface area contributed by atoms with Crippen molar-refractivity contribution in [3.8, 4) is 6.07 Å². The van der Waals surface area contributed by atoms with Gasteiger partial charge in [-0.1, -0.05) is 11.6 Å². The standard InChI is InChI=1S/C14H11ClN4O/c1-17-13-12(15)6-10(8-18-13)14(20)19-11-4-2-9(7-16)3-5-11/h2-6,8H,1H3,(H,17,18)(H,19,20). The molecule has 0 saturated carbocycles. The van der Waals surface area contributed by atoms with E-state index in [4.69, 9.17) is 16.9 Å². The van der Waals surface area contributed by atoms with E-state index in [1.807, 2.05) is 6.07 Å². The molecule has 5 nitrogen and oxygen atoms in total. The van der Waals surface area contributed by atoms with Crippen LogP contribution in [-0.4, -0.2) is 17.9 Å². The zero-order valence-corrected chi connectivity index (χ0v) is 11.4. The van der Waals surface area contributed by atoms with Crippen molar-refractivity contribution in [2.24, 2.45) is 0 Å². The van der Waals surface area contributed by atoms with Gasteiger partial charge in [-0.25, -0.2) is 4.98 Å². The highest BCUT2D eigenvalue weighted by molar-refractivity contribution is 6.33. The topological polar surface area (TPSA) is 77.8 Å². The third kappa shape index (κ3) is 3.05. The number of anilines is 2. The summed E-state index contributed by atoms with van der Waals surface area (Å²) in [5.41, 5.74) is 1.49. The van der Waals surface area contributed by atoms with Crippen molar-refractivity contribution in [2.45, 2.75) is 0 Å². The summed E-state index contributed by atoms with van der Waals surface area (Å²) in [5, 5.41) is 14.6. The van der Waals surface area contributed by atoms with Gasteiger partial charge in [-0.05, 0) is 30.3 Å². The number of nitrogens with zero attached hydrogens (tertiary/aromatic N) is 2. The first-order valence-corrected chi connectivity index (χ1v) is 6.16. The van der Waals surface area contributed by atoms with Crippen molar-refractivity contribution < 1.29 is 4.79 Å². The van der Waals surface area contributed by atoms with Crippen molar-refractivity contribution in [3.05, 3.63) is 52.7 Å². The molecule has 1 heterocycles. The maximum absolute atomic E-state index is 12.0. The number of benzene rings is 1. The number of nitriles is 1. The van der Waals surface area contributed by atoms with E-state index in [1.165, 1.54) is 6.20 Å². The van der Waals surface area contributed by atoms with Gasteiger partial charge in [-0.2, -0.15) is 5.26 Å². The van der Waals surface area contributed by atoms with Gasteiger partial charge < -0.3 is 10.6 Å². The SMILES string of the molecule is CNc1ncc(C(=O)Nc2ccc(C#N)cc2)cc1Cl. The Morgan fingerprint density at radius 1 is 1.35 bits per heavy atom. The van der Waals surface area contributed by atoms with Gasteiger partial charge in [-0.15, -0.1) is 0 Å². The van der Waals surface area contributed by atoms with E-state index < -0.39 is 0 Å². The van der Waals surface area contributed by atoms with Gasteiger partial charge in [0.1, 0.15) is 5.82 Å². The molecular formula is C14H11ClN4O. The molecule has 0 fully saturated rings. The molecule has 2 N–H and O–H groups in total. The van der Waals surface area contributed by atoms with Gasteiger partial charge in [0.2, 0.25) is 0 Å². The average Bonchev–Trinajstić information content (AvgIpc) is 2.48. The molecule has 100 valence electrons. The molecule has 2 aromatic rings. The number of rotatable bonds is 3. The number of aromatic nitrogens is 1. The molecule has 1 amide bonds. The molecule has 0 bridgehead atoms. The molecule has 2 rings (SSSR count). The van der Waals surface area contributed by atoms with Crippen molar-refractivity contribution in [3.63, 3.8) is 0 Å². The van der Waals surface area contributed by atoms with Crippen LogP contribution in [0.2, 0.25) is 5.02 Å². The third-order valence-electron chi connectivity index (χ3n) is 2.61. The molecule has 0 aliphatic rings. The zero-order chi connectivity index (χ0) is 14.5. The number of hydrogen-bond donors (Lipinski definition) is 2. The van der Waals surface area contributed by atoms with E-state index in [9.17, 15) is 4.79 Å². The summed E-state index contributed by atoms with van der Waals surface area (Å²) in [7, 11) is 1.70. The second-order valence-electron chi connectivity index (χ2n) is 3.95. The minimum atomic E-state index is -0.313. The first kappa shape index (κ1) is 13.8. The Hall–Kier alpha value is -2.58. The smallest absolute Gasteiger partial charge is 0.257 e. The van der Waals surface area contributed by atoms with Crippen LogP contribution in [0.3, 0.4) is 0 Å². The highest BCUT2D eigenvalue weighted by Crippen LogP contribution is 2.20. The third-order valence-corrected chi connectivity index (χ3v) is 2.90. The lowest BCUT2D eigenvalue weighted by atomic mass is 10.2. The van der Waals surface area contributed by atoms with E-state index in [-0.39, 0.29) is 5.91 Å². The fourth-order valence-corrected chi connectivity index (χ4v) is 1.84. The van der Waals surface area contributed by atoms with Crippen molar-refractivity contribution in [2.75, 3.05) is 17.7 Å². The van der Waals surface area contributed by atoms with Crippen molar-refractivity contribution in [1.82, 2.24) is 4.98 Å².